The van der Waals surface area contributed by atoms with Gasteiger partial charge in [0.1, 0.15) is 6.04 Å². The maximum Gasteiger partial charge on any atom is 0.328 e. The molecule has 0 aliphatic carbocycles. The Bertz CT molecular complexity index is 1870. The largest absolute Gasteiger partial charge is 0.467 e. The standard InChI is InChI=1S/C53H73N3O6/c1-5-7-9-11-13-18-32-56(33-19-14-12-10-8-6-2)38-49-40(3)50(44-30-28-42(39-57)29-31-44)62-52(61-49)47-27-21-26-46(36-47)45-25-20-24-43(34-45)37-54-53(59)55-48(51(58)60-4)35-41-22-16-15-17-23-41/h15-17,20-31,34,36,40,48-50,52,57H,5-14,18-19,32-33,35,37-39H2,1-4H3,(H2,54,55,59)/t40-,48+,49+,50+,52+/m1/s1. The lowest BCUT2D eigenvalue weighted by atomic mass is 9.89. The van der Waals surface area contributed by atoms with E-state index < -0.39 is 24.3 Å². The molecule has 1 heterocycles. The number of hydrogen-bond donors (Lipinski definition) is 3. The van der Waals surface area contributed by atoms with Crippen molar-refractivity contribution >= 4 is 12.0 Å². The molecule has 2 amide bonds. The lowest BCUT2D eigenvalue weighted by Gasteiger charge is -2.43. The molecular weight excluding hydrogens is 775 g/mol. The Morgan fingerprint density at radius 3 is 1.95 bits per heavy atom. The van der Waals surface area contributed by atoms with Crippen molar-refractivity contribution in [2.75, 3.05) is 26.7 Å². The number of aliphatic hydroxyl groups excluding tert-OH is 1. The van der Waals surface area contributed by atoms with Crippen LogP contribution in [0.15, 0.2) is 103 Å². The van der Waals surface area contributed by atoms with Crippen LogP contribution in [0.25, 0.3) is 11.1 Å². The third kappa shape index (κ3) is 15.7. The minimum absolute atomic E-state index is 0.00341. The van der Waals surface area contributed by atoms with Gasteiger partial charge in [-0.15, -0.1) is 0 Å². The number of hydrogen-bond acceptors (Lipinski definition) is 7. The summed E-state index contributed by atoms with van der Waals surface area (Å²) in [6.07, 6.45) is 14.8. The van der Waals surface area contributed by atoms with Crippen molar-refractivity contribution in [3.8, 4) is 11.1 Å². The normalized spacial score (nSPS) is 18.0. The monoisotopic (exact) mass is 848 g/mol. The molecule has 3 N–H and O–H groups in total. The van der Waals surface area contributed by atoms with Gasteiger partial charge in [0.2, 0.25) is 0 Å². The molecule has 9 heteroatoms. The van der Waals surface area contributed by atoms with E-state index in [1.807, 2.05) is 54.6 Å². The minimum Gasteiger partial charge on any atom is -0.467 e. The summed E-state index contributed by atoms with van der Waals surface area (Å²) in [5.74, 6) is -0.393. The summed E-state index contributed by atoms with van der Waals surface area (Å²) in [5, 5.41) is 15.5. The highest BCUT2D eigenvalue weighted by Crippen LogP contribution is 2.42. The van der Waals surface area contributed by atoms with E-state index in [2.05, 4.69) is 84.8 Å². The van der Waals surface area contributed by atoms with Crippen LogP contribution in [0.4, 0.5) is 4.79 Å². The van der Waals surface area contributed by atoms with Gasteiger partial charge in [-0.2, -0.15) is 0 Å². The van der Waals surface area contributed by atoms with Gasteiger partial charge in [-0.3, -0.25) is 0 Å². The van der Waals surface area contributed by atoms with Gasteiger partial charge in [0.05, 0.1) is 25.9 Å². The molecule has 4 aromatic rings. The van der Waals surface area contributed by atoms with Crippen molar-refractivity contribution in [1.82, 2.24) is 15.5 Å². The van der Waals surface area contributed by atoms with Gasteiger partial charge in [0.25, 0.3) is 0 Å². The number of carbonyl (C=O) groups excluding carboxylic acids is 2. The first-order valence-corrected chi connectivity index (χ1v) is 23.4. The zero-order chi connectivity index (χ0) is 43.9. The number of nitrogens with zero attached hydrogens (tertiary/aromatic N) is 1. The van der Waals surface area contributed by atoms with Crippen molar-refractivity contribution in [1.29, 1.82) is 0 Å². The Labute approximate surface area is 371 Å². The Kier molecular flexibility index (Phi) is 21.0. The van der Waals surface area contributed by atoms with Crippen molar-refractivity contribution in [2.24, 2.45) is 5.92 Å². The molecule has 1 aliphatic heterocycles. The first-order chi connectivity index (χ1) is 30.3. The maximum absolute atomic E-state index is 13.0. The molecule has 1 aliphatic rings. The fourth-order valence-corrected chi connectivity index (χ4v) is 8.41. The molecule has 336 valence electrons. The van der Waals surface area contributed by atoms with Crippen LogP contribution in [0.3, 0.4) is 0 Å². The number of methoxy groups -OCH3 is 1. The summed E-state index contributed by atoms with van der Waals surface area (Å²) in [7, 11) is 1.32. The molecule has 1 saturated heterocycles. The first-order valence-electron chi connectivity index (χ1n) is 23.4. The average molecular weight is 848 g/mol. The summed E-state index contributed by atoms with van der Waals surface area (Å²) in [6, 6.07) is 32.9. The van der Waals surface area contributed by atoms with E-state index >= 15 is 0 Å². The van der Waals surface area contributed by atoms with Crippen LogP contribution in [-0.4, -0.2) is 60.9 Å². The molecule has 0 saturated carbocycles. The van der Waals surface area contributed by atoms with Crippen LogP contribution in [0.1, 0.15) is 138 Å². The maximum atomic E-state index is 13.0. The predicted molar refractivity (Wildman–Crippen MR) is 249 cm³/mol. The zero-order valence-electron chi connectivity index (χ0n) is 37.9. The number of aliphatic hydroxyl groups is 1. The van der Waals surface area contributed by atoms with Gasteiger partial charge in [-0.1, -0.05) is 176 Å². The Balaban J connectivity index is 1.30. The number of unbranched alkanes of at least 4 members (excludes halogenated alkanes) is 10. The van der Waals surface area contributed by atoms with E-state index in [1.54, 1.807) is 0 Å². The van der Waals surface area contributed by atoms with Gasteiger partial charge in [-0.25, -0.2) is 9.59 Å². The zero-order valence-corrected chi connectivity index (χ0v) is 37.9. The topological polar surface area (TPSA) is 109 Å². The number of amides is 2. The molecule has 0 bridgehead atoms. The highest BCUT2D eigenvalue weighted by molar-refractivity contribution is 5.83. The van der Waals surface area contributed by atoms with E-state index in [9.17, 15) is 14.7 Å². The van der Waals surface area contributed by atoms with Crippen LogP contribution in [0.5, 0.6) is 0 Å². The smallest absolute Gasteiger partial charge is 0.328 e. The van der Waals surface area contributed by atoms with Crippen LogP contribution in [-0.2, 0) is 38.6 Å². The summed E-state index contributed by atoms with van der Waals surface area (Å²) in [5.41, 5.74) is 6.78. The summed E-state index contributed by atoms with van der Waals surface area (Å²) in [4.78, 5) is 28.2. The second-order valence-electron chi connectivity index (χ2n) is 17.1. The second kappa shape index (κ2) is 26.8. The molecular formula is C53H73N3O6. The molecule has 5 rings (SSSR count). The average Bonchev–Trinajstić information content (AvgIpc) is 3.31. The van der Waals surface area contributed by atoms with Crippen LogP contribution in [0, 0.1) is 5.92 Å². The van der Waals surface area contributed by atoms with Gasteiger partial charge in [0.15, 0.2) is 6.29 Å². The van der Waals surface area contributed by atoms with E-state index in [-0.39, 0.29) is 31.3 Å². The third-order valence-corrected chi connectivity index (χ3v) is 12.2. The van der Waals surface area contributed by atoms with Gasteiger partial charge < -0.3 is 34.9 Å². The van der Waals surface area contributed by atoms with Gasteiger partial charge in [0, 0.05) is 31.0 Å². The lowest BCUT2D eigenvalue weighted by molar-refractivity contribution is -0.276. The fourth-order valence-electron chi connectivity index (χ4n) is 8.41. The number of ether oxygens (including phenoxy) is 3. The van der Waals surface area contributed by atoms with Crippen molar-refractivity contribution in [3.63, 3.8) is 0 Å². The van der Waals surface area contributed by atoms with E-state index in [4.69, 9.17) is 14.2 Å². The summed E-state index contributed by atoms with van der Waals surface area (Å²) < 4.78 is 18.9. The summed E-state index contributed by atoms with van der Waals surface area (Å²) in [6.45, 7) is 10.1. The van der Waals surface area contributed by atoms with E-state index in [1.165, 1.54) is 84.2 Å². The number of carbonyl (C=O) groups is 2. The molecule has 4 aromatic carbocycles. The highest BCUT2D eigenvalue weighted by atomic mass is 16.7. The third-order valence-electron chi connectivity index (χ3n) is 12.2. The molecule has 0 aromatic heterocycles. The SMILES string of the molecule is CCCCCCCCN(CCCCCCCC)C[C@@H]1O[C@H](c2cccc(-c3cccc(CNC(=O)N[C@@H](Cc4ccccc4)C(=O)OC)c3)c2)O[C@H](c2ccc(CO)cc2)[C@@H]1C. The summed E-state index contributed by atoms with van der Waals surface area (Å²) >= 11 is 0. The molecule has 5 atom stereocenters. The number of nitrogens with one attached hydrogen (secondary N) is 2. The van der Waals surface area contributed by atoms with Crippen LogP contribution < -0.4 is 10.6 Å². The molecule has 62 heavy (non-hydrogen) atoms. The molecule has 0 unspecified atom stereocenters. The number of rotatable bonds is 26. The molecule has 0 radical (unpaired) electrons. The van der Waals surface area contributed by atoms with Crippen molar-refractivity contribution in [2.45, 2.75) is 142 Å². The quantitative estimate of drug-likeness (QED) is 0.0426. The number of urea groups is 1. The lowest BCUT2D eigenvalue weighted by Crippen LogP contribution is -2.47. The second-order valence-corrected chi connectivity index (χ2v) is 17.1. The minimum atomic E-state index is -0.813. The Morgan fingerprint density at radius 2 is 1.31 bits per heavy atom. The van der Waals surface area contributed by atoms with Gasteiger partial charge in [-0.05, 0) is 71.4 Å². The fraction of sp³-hybridized carbons (Fsp3) is 0.509. The molecule has 1 fully saturated rings. The van der Waals surface area contributed by atoms with Crippen molar-refractivity contribution < 1.29 is 28.9 Å². The van der Waals surface area contributed by atoms with Crippen molar-refractivity contribution in [3.05, 3.63) is 131 Å². The van der Waals surface area contributed by atoms with Crippen LogP contribution >= 0.6 is 0 Å². The molecule has 9 nitrogen and oxygen atoms in total. The van der Waals surface area contributed by atoms with E-state index in [0.717, 1.165) is 58.6 Å². The number of benzene rings is 4. The number of esters is 1. The van der Waals surface area contributed by atoms with Crippen LogP contribution in [0.2, 0.25) is 0 Å². The first kappa shape index (κ1) is 48.5. The predicted octanol–water partition coefficient (Wildman–Crippen LogP) is 11.2. The molecule has 0 spiro atoms. The van der Waals surface area contributed by atoms with Gasteiger partial charge >= 0.3 is 12.0 Å². The Morgan fingerprint density at radius 1 is 0.694 bits per heavy atom. The Hall–Kier alpha value is -4.54. The highest BCUT2D eigenvalue weighted by Gasteiger charge is 2.39. The van der Waals surface area contributed by atoms with E-state index in [0.29, 0.717) is 6.42 Å².